The second kappa shape index (κ2) is 7.24. The summed E-state index contributed by atoms with van der Waals surface area (Å²) in [7, 11) is 1.66. The van der Waals surface area contributed by atoms with Crippen molar-refractivity contribution in [2.45, 2.75) is 19.8 Å². The van der Waals surface area contributed by atoms with E-state index < -0.39 is 0 Å². The Bertz CT molecular complexity index is 651. The summed E-state index contributed by atoms with van der Waals surface area (Å²) in [5.74, 6) is 2.90. The highest BCUT2D eigenvalue weighted by Crippen LogP contribution is 2.39. The van der Waals surface area contributed by atoms with E-state index in [9.17, 15) is 0 Å². The average Bonchev–Trinajstić information content (AvgIpc) is 3.03. The molecule has 2 aromatic carbocycles. The van der Waals surface area contributed by atoms with E-state index in [1.54, 1.807) is 7.11 Å². The smallest absolute Gasteiger partial charge is 0.231 e. The molecule has 0 radical (unpaired) electrons. The molecule has 0 saturated heterocycles. The van der Waals surface area contributed by atoms with Crippen LogP contribution in [0.15, 0.2) is 36.4 Å². The van der Waals surface area contributed by atoms with Crippen molar-refractivity contribution < 1.29 is 24.0 Å². The number of fused-ring (bicyclic) bond motifs is 1. The summed E-state index contributed by atoms with van der Waals surface area (Å²) in [5.41, 5.74) is 2.13. The molecule has 2 aromatic rings. The third-order valence-corrected chi connectivity index (χ3v) is 3.55. The molecule has 0 unspecified atom stereocenters. The Balaban J connectivity index is 1.83. The third kappa shape index (κ3) is 3.68. The van der Waals surface area contributed by atoms with E-state index in [1.807, 2.05) is 43.3 Å². The molecule has 122 valence electrons. The predicted octanol–water partition coefficient (Wildman–Crippen LogP) is 3.74. The number of hydrogen-bond donors (Lipinski definition) is 0. The van der Waals surface area contributed by atoms with Crippen LogP contribution in [0.25, 0.3) is 0 Å². The van der Waals surface area contributed by atoms with Gasteiger partial charge in [0.15, 0.2) is 17.2 Å². The van der Waals surface area contributed by atoms with E-state index in [-0.39, 0.29) is 6.79 Å². The zero-order valence-corrected chi connectivity index (χ0v) is 13.3. The largest absolute Gasteiger partial charge is 0.497 e. The van der Waals surface area contributed by atoms with Gasteiger partial charge in [0.25, 0.3) is 0 Å². The standard InChI is InChI=1S/C18H20O5/c1-3-8-22-23-16-11-18-17(20-12-21-18)10-14(16)9-13-4-6-15(19-2)7-5-13/h4-7,10-11H,3,8-9,12H2,1-2H3. The van der Waals surface area contributed by atoms with E-state index in [4.69, 9.17) is 24.0 Å². The van der Waals surface area contributed by atoms with E-state index in [0.29, 0.717) is 24.5 Å². The quantitative estimate of drug-likeness (QED) is 0.442. The fourth-order valence-corrected chi connectivity index (χ4v) is 2.33. The summed E-state index contributed by atoms with van der Waals surface area (Å²) in [6, 6.07) is 11.7. The van der Waals surface area contributed by atoms with Gasteiger partial charge in [-0.25, -0.2) is 0 Å². The molecule has 0 saturated carbocycles. The Hall–Kier alpha value is -2.40. The number of ether oxygens (including phenoxy) is 3. The first-order valence-electron chi connectivity index (χ1n) is 7.65. The molecule has 0 aromatic heterocycles. The van der Waals surface area contributed by atoms with E-state index in [0.717, 1.165) is 29.0 Å². The molecule has 23 heavy (non-hydrogen) atoms. The van der Waals surface area contributed by atoms with Gasteiger partial charge in [0, 0.05) is 18.1 Å². The van der Waals surface area contributed by atoms with E-state index >= 15 is 0 Å². The van der Waals surface area contributed by atoms with Crippen LogP contribution >= 0.6 is 0 Å². The summed E-state index contributed by atoms with van der Waals surface area (Å²) in [4.78, 5) is 10.7. The van der Waals surface area contributed by atoms with Crippen molar-refractivity contribution in [1.82, 2.24) is 0 Å². The molecule has 0 spiro atoms. The highest BCUT2D eigenvalue weighted by atomic mass is 17.2. The van der Waals surface area contributed by atoms with Crippen molar-refractivity contribution in [2.24, 2.45) is 0 Å². The van der Waals surface area contributed by atoms with E-state index in [2.05, 4.69) is 0 Å². The average molecular weight is 316 g/mol. The molecule has 1 aliphatic heterocycles. The second-order valence-corrected chi connectivity index (χ2v) is 5.24. The number of rotatable bonds is 7. The van der Waals surface area contributed by atoms with Crippen LogP contribution in [0, 0.1) is 0 Å². The minimum Gasteiger partial charge on any atom is -0.497 e. The van der Waals surface area contributed by atoms with Crippen molar-refractivity contribution in [2.75, 3.05) is 20.5 Å². The van der Waals surface area contributed by atoms with Gasteiger partial charge in [-0.05, 0) is 30.2 Å². The zero-order chi connectivity index (χ0) is 16.1. The van der Waals surface area contributed by atoms with Crippen LogP contribution in [0.3, 0.4) is 0 Å². The van der Waals surface area contributed by atoms with Gasteiger partial charge in [0.2, 0.25) is 6.79 Å². The fourth-order valence-electron chi connectivity index (χ4n) is 2.33. The SMILES string of the molecule is CCCOOc1cc2c(cc1Cc1ccc(OC)cc1)OCO2. The Morgan fingerprint density at radius 3 is 2.48 bits per heavy atom. The van der Waals surface area contributed by atoms with Gasteiger partial charge in [-0.1, -0.05) is 19.1 Å². The topological polar surface area (TPSA) is 46.2 Å². The monoisotopic (exact) mass is 316 g/mol. The lowest BCUT2D eigenvalue weighted by atomic mass is 10.0. The maximum Gasteiger partial charge on any atom is 0.231 e. The zero-order valence-electron chi connectivity index (χ0n) is 13.3. The number of methoxy groups -OCH3 is 1. The summed E-state index contributed by atoms with van der Waals surface area (Å²) < 4.78 is 16.0. The number of benzene rings is 2. The minimum atomic E-state index is 0.233. The van der Waals surface area contributed by atoms with Crippen molar-refractivity contribution in [3.63, 3.8) is 0 Å². The van der Waals surface area contributed by atoms with Crippen LogP contribution in [-0.2, 0) is 11.3 Å². The molecule has 0 N–H and O–H groups in total. The first-order valence-corrected chi connectivity index (χ1v) is 7.65. The van der Waals surface area contributed by atoms with E-state index in [1.165, 1.54) is 0 Å². The first-order chi connectivity index (χ1) is 11.3. The Labute approximate surface area is 135 Å². The summed E-state index contributed by atoms with van der Waals surface area (Å²) in [5, 5.41) is 0. The highest BCUT2D eigenvalue weighted by molar-refractivity contribution is 5.53. The highest BCUT2D eigenvalue weighted by Gasteiger charge is 2.19. The van der Waals surface area contributed by atoms with Gasteiger partial charge in [0.1, 0.15) is 5.75 Å². The van der Waals surface area contributed by atoms with Crippen molar-refractivity contribution in [3.05, 3.63) is 47.5 Å². The molecular weight excluding hydrogens is 296 g/mol. The molecule has 1 aliphatic rings. The lowest BCUT2D eigenvalue weighted by molar-refractivity contribution is -0.206. The Kier molecular flexibility index (Phi) is 4.88. The predicted molar refractivity (Wildman–Crippen MR) is 85.2 cm³/mol. The molecule has 0 atom stereocenters. The normalized spacial score (nSPS) is 12.3. The second-order valence-electron chi connectivity index (χ2n) is 5.24. The lowest BCUT2D eigenvalue weighted by Gasteiger charge is -2.11. The fraction of sp³-hybridized carbons (Fsp3) is 0.333. The van der Waals surface area contributed by atoms with Crippen LogP contribution in [0.4, 0.5) is 0 Å². The van der Waals surface area contributed by atoms with Crippen LogP contribution in [0.2, 0.25) is 0 Å². The van der Waals surface area contributed by atoms with Crippen LogP contribution in [0.5, 0.6) is 23.0 Å². The van der Waals surface area contributed by atoms with Crippen molar-refractivity contribution >= 4 is 0 Å². The van der Waals surface area contributed by atoms with Crippen molar-refractivity contribution in [1.29, 1.82) is 0 Å². The molecule has 5 nitrogen and oxygen atoms in total. The summed E-state index contributed by atoms with van der Waals surface area (Å²) in [6.45, 7) is 2.80. The minimum absolute atomic E-state index is 0.233. The molecule has 0 amide bonds. The third-order valence-electron chi connectivity index (χ3n) is 3.55. The van der Waals surface area contributed by atoms with Crippen molar-refractivity contribution in [3.8, 4) is 23.0 Å². The van der Waals surface area contributed by atoms with Gasteiger partial charge in [-0.15, -0.1) is 0 Å². The van der Waals surface area contributed by atoms with Gasteiger partial charge in [-0.2, -0.15) is 4.89 Å². The Morgan fingerprint density at radius 2 is 1.78 bits per heavy atom. The van der Waals surface area contributed by atoms with Gasteiger partial charge < -0.3 is 19.1 Å². The molecule has 1 heterocycles. The lowest BCUT2D eigenvalue weighted by Crippen LogP contribution is -2.01. The molecule has 0 bridgehead atoms. The summed E-state index contributed by atoms with van der Waals surface area (Å²) >= 11 is 0. The molecular formula is C18H20O5. The van der Waals surface area contributed by atoms with Crippen LogP contribution in [0.1, 0.15) is 24.5 Å². The van der Waals surface area contributed by atoms with Gasteiger partial charge in [0.05, 0.1) is 13.7 Å². The first kappa shape index (κ1) is 15.5. The molecule has 5 heteroatoms. The van der Waals surface area contributed by atoms with Gasteiger partial charge in [-0.3, -0.25) is 0 Å². The van der Waals surface area contributed by atoms with Crippen LogP contribution in [-0.4, -0.2) is 20.5 Å². The van der Waals surface area contributed by atoms with Gasteiger partial charge >= 0.3 is 0 Å². The molecule has 0 aliphatic carbocycles. The Morgan fingerprint density at radius 1 is 1.04 bits per heavy atom. The number of hydrogen-bond acceptors (Lipinski definition) is 5. The molecule has 3 rings (SSSR count). The summed E-state index contributed by atoms with van der Waals surface area (Å²) in [6.07, 6.45) is 1.59. The maximum absolute atomic E-state index is 5.46. The maximum atomic E-state index is 5.46. The molecule has 0 fully saturated rings. The van der Waals surface area contributed by atoms with Crippen LogP contribution < -0.4 is 19.1 Å².